The van der Waals surface area contributed by atoms with Gasteiger partial charge in [-0.05, 0) is 24.5 Å². The zero-order valence-electron chi connectivity index (χ0n) is 14.8. The molecule has 1 unspecified atom stereocenters. The molecule has 0 bridgehead atoms. The van der Waals surface area contributed by atoms with E-state index < -0.39 is 0 Å². The number of nitrogens with one attached hydrogen (secondary N) is 1. The summed E-state index contributed by atoms with van der Waals surface area (Å²) in [5, 5.41) is 12.3. The number of benzene rings is 2. The molecule has 0 radical (unpaired) electrons. The number of thioether (sulfide) groups is 1. The van der Waals surface area contributed by atoms with Crippen molar-refractivity contribution in [3.63, 3.8) is 0 Å². The van der Waals surface area contributed by atoms with Gasteiger partial charge in [-0.25, -0.2) is 0 Å². The summed E-state index contributed by atoms with van der Waals surface area (Å²) in [7, 11) is 0. The maximum Gasteiger partial charge on any atom is 0.237 e. The van der Waals surface area contributed by atoms with Crippen molar-refractivity contribution in [1.29, 1.82) is 0 Å². The standard InChI is InChI=1S/C21H20N4OS/c1-2-14-25-19(16-9-4-3-5-10-16)23-24-21(25)27-18-13-12-15-8-6-7-11-17(15)22-20(18)26/h2-11,18H,1,12-14H2,(H,22,26). The quantitative estimate of drug-likeness (QED) is 0.679. The van der Waals surface area contributed by atoms with Gasteiger partial charge >= 0.3 is 0 Å². The number of allylic oxidation sites excluding steroid dienone is 1. The fraction of sp³-hybridized carbons (Fsp3) is 0.190. The molecular weight excluding hydrogens is 356 g/mol. The third-order valence-electron chi connectivity index (χ3n) is 4.55. The number of anilines is 1. The largest absolute Gasteiger partial charge is 0.325 e. The van der Waals surface area contributed by atoms with Crippen LogP contribution in [0.3, 0.4) is 0 Å². The Hall–Kier alpha value is -2.86. The van der Waals surface area contributed by atoms with Gasteiger partial charge in [-0.15, -0.1) is 16.8 Å². The van der Waals surface area contributed by atoms with Gasteiger partial charge in [0.2, 0.25) is 5.91 Å². The highest BCUT2D eigenvalue weighted by Crippen LogP contribution is 2.32. The molecule has 1 aromatic heterocycles. The van der Waals surface area contributed by atoms with Gasteiger partial charge in [0.1, 0.15) is 0 Å². The van der Waals surface area contributed by atoms with Gasteiger partial charge in [0.15, 0.2) is 11.0 Å². The molecule has 6 heteroatoms. The number of hydrogen-bond donors (Lipinski definition) is 1. The fourth-order valence-electron chi connectivity index (χ4n) is 3.20. The van der Waals surface area contributed by atoms with Gasteiger partial charge in [-0.3, -0.25) is 9.36 Å². The van der Waals surface area contributed by atoms with Crippen molar-refractivity contribution in [2.24, 2.45) is 0 Å². The van der Waals surface area contributed by atoms with Crippen LogP contribution in [0, 0.1) is 0 Å². The van der Waals surface area contributed by atoms with E-state index in [9.17, 15) is 4.79 Å². The molecule has 136 valence electrons. The summed E-state index contributed by atoms with van der Waals surface area (Å²) in [6.07, 6.45) is 3.44. The predicted octanol–water partition coefficient (Wildman–Crippen LogP) is 4.18. The maximum atomic E-state index is 12.7. The van der Waals surface area contributed by atoms with Crippen molar-refractivity contribution in [1.82, 2.24) is 14.8 Å². The molecule has 1 aliphatic heterocycles. The minimum Gasteiger partial charge on any atom is -0.325 e. The first-order chi connectivity index (χ1) is 13.3. The molecule has 0 aliphatic carbocycles. The van der Waals surface area contributed by atoms with Crippen LogP contribution in [-0.2, 0) is 17.8 Å². The van der Waals surface area contributed by atoms with Crippen molar-refractivity contribution in [3.8, 4) is 11.4 Å². The van der Waals surface area contributed by atoms with E-state index in [1.807, 2.05) is 59.2 Å². The number of rotatable bonds is 5. The van der Waals surface area contributed by atoms with E-state index in [0.29, 0.717) is 6.54 Å². The third-order valence-corrected chi connectivity index (χ3v) is 5.80. The van der Waals surface area contributed by atoms with Gasteiger partial charge in [-0.1, -0.05) is 66.4 Å². The van der Waals surface area contributed by atoms with Crippen LogP contribution in [0.15, 0.2) is 72.4 Å². The average molecular weight is 376 g/mol. The number of para-hydroxylation sites is 1. The van der Waals surface area contributed by atoms with E-state index in [4.69, 9.17) is 0 Å². The summed E-state index contributed by atoms with van der Waals surface area (Å²) < 4.78 is 2.01. The number of carbonyl (C=O) groups excluding carboxylic acids is 1. The van der Waals surface area contributed by atoms with Gasteiger partial charge in [0.05, 0.1) is 5.25 Å². The van der Waals surface area contributed by atoms with Crippen LogP contribution in [0.4, 0.5) is 5.69 Å². The molecule has 27 heavy (non-hydrogen) atoms. The zero-order valence-corrected chi connectivity index (χ0v) is 15.7. The Balaban J connectivity index is 1.60. The second-order valence-corrected chi connectivity index (χ2v) is 7.53. The van der Waals surface area contributed by atoms with Gasteiger partial charge in [0, 0.05) is 17.8 Å². The normalized spacial score (nSPS) is 16.3. The van der Waals surface area contributed by atoms with Crippen molar-refractivity contribution < 1.29 is 4.79 Å². The number of amides is 1. The highest BCUT2D eigenvalue weighted by atomic mass is 32.2. The Bertz CT molecular complexity index is 967. The molecule has 2 heterocycles. The van der Waals surface area contributed by atoms with Gasteiger partial charge in [0.25, 0.3) is 0 Å². The van der Waals surface area contributed by atoms with E-state index in [2.05, 4.69) is 28.2 Å². The molecule has 0 fully saturated rings. The van der Waals surface area contributed by atoms with Crippen molar-refractivity contribution in [2.45, 2.75) is 29.8 Å². The monoisotopic (exact) mass is 376 g/mol. The molecule has 1 N–H and O–H groups in total. The number of aromatic nitrogens is 3. The van der Waals surface area contributed by atoms with E-state index in [1.54, 1.807) is 0 Å². The summed E-state index contributed by atoms with van der Waals surface area (Å²) in [5.41, 5.74) is 3.08. The van der Waals surface area contributed by atoms with Crippen LogP contribution in [0.1, 0.15) is 12.0 Å². The van der Waals surface area contributed by atoms with Gasteiger partial charge in [-0.2, -0.15) is 0 Å². The van der Waals surface area contributed by atoms with E-state index in [-0.39, 0.29) is 11.2 Å². The van der Waals surface area contributed by atoms with Crippen LogP contribution in [0.5, 0.6) is 0 Å². The summed E-state index contributed by atoms with van der Waals surface area (Å²) in [6.45, 7) is 4.44. The maximum absolute atomic E-state index is 12.7. The Morgan fingerprint density at radius 3 is 2.74 bits per heavy atom. The first kappa shape index (κ1) is 17.5. The summed E-state index contributed by atoms with van der Waals surface area (Å²) in [6, 6.07) is 17.9. The first-order valence-electron chi connectivity index (χ1n) is 8.91. The minimum atomic E-state index is -0.214. The molecule has 2 aromatic carbocycles. The lowest BCUT2D eigenvalue weighted by Crippen LogP contribution is -2.24. The lowest BCUT2D eigenvalue weighted by Gasteiger charge is -2.13. The number of aryl methyl sites for hydroxylation is 1. The molecule has 0 spiro atoms. The minimum absolute atomic E-state index is 0.0133. The van der Waals surface area contributed by atoms with Gasteiger partial charge < -0.3 is 5.32 Å². The molecule has 4 rings (SSSR count). The predicted molar refractivity (Wildman–Crippen MR) is 109 cm³/mol. The second kappa shape index (κ2) is 7.80. The number of nitrogens with zero attached hydrogens (tertiary/aromatic N) is 3. The Labute approximate surface area is 162 Å². The van der Waals surface area contributed by atoms with Crippen LogP contribution >= 0.6 is 11.8 Å². The van der Waals surface area contributed by atoms with Crippen molar-refractivity contribution in [3.05, 3.63) is 72.8 Å². The van der Waals surface area contributed by atoms with E-state index in [1.165, 1.54) is 17.3 Å². The topological polar surface area (TPSA) is 59.8 Å². The lowest BCUT2D eigenvalue weighted by molar-refractivity contribution is -0.115. The van der Waals surface area contributed by atoms with Crippen molar-refractivity contribution in [2.75, 3.05) is 5.32 Å². The Morgan fingerprint density at radius 2 is 1.93 bits per heavy atom. The third kappa shape index (κ3) is 3.66. The van der Waals surface area contributed by atoms with E-state index >= 15 is 0 Å². The number of carbonyl (C=O) groups is 1. The molecule has 1 aliphatic rings. The van der Waals surface area contributed by atoms with Crippen LogP contribution in [0.25, 0.3) is 11.4 Å². The zero-order chi connectivity index (χ0) is 18.6. The van der Waals surface area contributed by atoms with Crippen LogP contribution in [-0.4, -0.2) is 25.9 Å². The first-order valence-corrected chi connectivity index (χ1v) is 9.79. The molecule has 3 aromatic rings. The molecule has 0 saturated heterocycles. The highest BCUT2D eigenvalue weighted by molar-refractivity contribution is 8.00. The van der Waals surface area contributed by atoms with Crippen LogP contribution in [0.2, 0.25) is 0 Å². The SMILES string of the molecule is C=CCn1c(SC2CCc3ccccc3NC2=O)nnc1-c1ccccc1. The highest BCUT2D eigenvalue weighted by Gasteiger charge is 2.27. The Morgan fingerprint density at radius 1 is 1.15 bits per heavy atom. The molecular formula is C21H20N4OS. The summed E-state index contributed by atoms with van der Waals surface area (Å²) in [5.74, 6) is 0.801. The molecule has 1 atom stereocenters. The molecule has 1 amide bonds. The lowest BCUT2D eigenvalue weighted by atomic mass is 10.1. The van der Waals surface area contributed by atoms with E-state index in [0.717, 1.165) is 35.1 Å². The van der Waals surface area contributed by atoms with Crippen LogP contribution < -0.4 is 5.32 Å². The summed E-state index contributed by atoms with van der Waals surface area (Å²) in [4.78, 5) is 12.7. The number of fused-ring (bicyclic) bond motifs is 1. The molecule has 5 nitrogen and oxygen atoms in total. The summed E-state index contributed by atoms with van der Waals surface area (Å²) >= 11 is 1.47. The Kier molecular flexibility index (Phi) is 5.07. The smallest absolute Gasteiger partial charge is 0.237 e. The fourth-order valence-corrected chi connectivity index (χ4v) is 4.23. The molecule has 0 saturated carbocycles. The average Bonchev–Trinajstić information content (AvgIpc) is 3.01. The second-order valence-electron chi connectivity index (χ2n) is 6.36. The number of hydrogen-bond acceptors (Lipinski definition) is 4. The van der Waals surface area contributed by atoms with Crippen molar-refractivity contribution >= 4 is 23.4 Å².